The van der Waals surface area contributed by atoms with E-state index in [2.05, 4.69) is 19.1 Å². The van der Waals surface area contributed by atoms with Crippen molar-refractivity contribution in [1.29, 1.82) is 0 Å². The molecular formula is C28H46O5. The van der Waals surface area contributed by atoms with Gasteiger partial charge >= 0.3 is 5.97 Å². The van der Waals surface area contributed by atoms with Crippen molar-refractivity contribution in [3.63, 3.8) is 0 Å². The van der Waals surface area contributed by atoms with Crippen molar-refractivity contribution in [2.75, 3.05) is 7.11 Å². The molecule has 0 bridgehead atoms. The van der Waals surface area contributed by atoms with E-state index in [1.807, 2.05) is 0 Å². The first-order chi connectivity index (χ1) is 15.8. The molecule has 2 unspecified atom stereocenters. The Bertz CT molecular complexity index is 661. The first kappa shape index (κ1) is 29.3. The van der Waals surface area contributed by atoms with Crippen LogP contribution < -0.4 is 0 Å². The second-order valence-corrected chi connectivity index (χ2v) is 10.2. The zero-order valence-corrected chi connectivity index (χ0v) is 21.5. The number of ketones is 3. The zero-order chi connectivity index (χ0) is 24.7. The Morgan fingerprint density at radius 1 is 0.879 bits per heavy atom. The van der Waals surface area contributed by atoms with Crippen molar-refractivity contribution in [2.24, 2.45) is 17.3 Å². The molecule has 5 heteroatoms. The quantitative estimate of drug-likeness (QED) is 0.106. The summed E-state index contributed by atoms with van der Waals surface area (Å²) in [6.45, 7) is 5.65. The Morgan fingerprint density at radius 3 is 1.94 bits per heavy atom. The number of hydrogen-bond donors (Lipinski definition) is 0. The highest BCUT2D eigenvalue weighted by Gasteiger charge is 2.53. The standard InChI is InChI=1S/C28H46O5/c1-5-6-7-8-9-10-11-12-13-14-15-16-17-18-19-20-22(29)24-23(30)21-28(2,3)25(26(24)31)27(32)33-4/h12-13,24-25H,5-11,14-21H2,1-4H3/b13-12-. The third kappa shape index (κ3) is 10.4. The van der Waals surface area contributed by atoms with Gasteiger partial charge in [0, 0.05) is 12.8 Å². The van der Waals surface area contributed by atoms with E-state index in [0.29, 0.717) is 6.42 Å². The number of carbonyl (C=O) groups excluding carboxylic acids is 4. The van der Waals surface area contributed by atoms with Gasteiger partial charge in [-0.05, 0) is 37.5 Å². The smallest absolute Gasteiger partial charge is 0.316 e. The summed E-state index contributed by atoms with van der Waals surface area (Å²) in [5.74, 6) is -4.28. The van der Waals surface area contributed by atoms with E-state index in [1.54, 1.807) is 13.8 Å². The molecule has 0 aromatic rings. The van der Waals surface area contributed by atoms with Crippen LogP contribution in [0.5, 0.6) is 0 Å². The molecule has 0 aromatic heterocycles. The van der Waals surface area contributed by atoms with Gasteiger partial charge in [-0.2, -0.15) is 0 Å². The fraction of sp³-hybridized carbons (Fsp3) is 0.786. The molecule has 1 fully saturated rings. The van der Waals surface area contributed by atoms with Gasteiger partial charge < -0.3 is 4.74 Å². The summed E-state index contributed by atoms with van der Waals surface area (Å²) in [6, 6.07) is 0. The van der Waals surface area contributed by atoms with Gasteiger partial charge in [0.15, 0.2) is 17.3 Å². The Kier molecular flexibility index (Phi) is 14.1. The van der Waals surface area contributed by atoms with Gasteiger partial charge in [0.2, 0.25) is 0 Å². The third-order valence-corrected chi connectivity index (χ3v) is 6.75. The van der Waals surface area contributed by atoms with Crippen molar-refractivity contribution in [3.8, 4) is 0 Å². The van der Waals surface area contributed by atoms with E-state index < -0.39 is 29.0 Å². The number of rotatable bonds is 17. The Morgan fingerprint density at radius 2 is 1.39 bits per heavy atom. The van der Waals surface area contributed by atoms with E-state index >= 15 is 0 Å². The summed E-state index contributed by atoms with van der Waals surface area (Å²) in [6.07, 6.45) is 20.0. The Balaban J connectivity index is 2.20. The maximum absolute atomic E-state index is 12.8. The van der Waals surface area contributed by atoms with Crippen molar-refractivity contribution >= 4 is 23.3 Å². The first-order valence-corrected chi connectivity index (χ1v) is 13.1. The summed E-state index contributed by atoms with van der Waals surface area (Å²) >= 11 is 0. The highest BCUT2D eigenvalue weighted by molar-refractivity contribution is 6.25. The number of unbranched alkanes of at least 4 members (excludes halogenated alkanes) is 11. The Hall–Kier alpha value is -1.78. The van der Waals surface area contributed by atoms with Crippen LogP contribution in [0.4, 0.5) is 0 Å². The minimum absolute atomic E-state index is 0.0429. The van der Waals surface area contributed by atoms with E-state index in [9.17, 15) is 19.2 Å². The van der Waals surface area contributed by atoms with Gasteiger partial charge in [0.25, 0.3) is 0 Å². The molecule has 5 nitrogen and oxygen atoms in total. The van der Waals surface area contributed by atoms with Crippen LogP contribution in [-0.4, -0.2) is 30.4 Å². The van der Waals surface area contributed by atoms with E-state index in [-0.39, 0.29) is 24.4 Å². The number of esters is 1. The molecule has 33 heavy (non-hydrogen) atoms. The SMILES string of the molecule is CCCCCCCC/C=C\CCCCCCCC(=O)C1C(=O)CC(C)(C)C(C(=O)OC)C1=O. The lowest BCUT2D eigenvalue weighted by Crippen LogP contribution is -2.51. The molecule has 0 saturated heterocycles. The monoisotopic (exact) mass is 462 g/mol. The van der Waals surface area contributed by atoms with Gasteiger partial charge in [0.05, 0.1) is 7.11 Å². The van der Waals surface area contributed by atoms with Crippen LogP contribution in [0.3, 0.4) is 0 Å². The van der Waals surface area contributed by atoms with Crippen LogP contribution in [0.15, 0.2) is 12.2 Å². The van der Waals surface area contributed by atoms with Gasteiger partial charge in [-0.25, -0.2) is 0 Å². The van der Waals surface area contributed by atoms with Crippen molar-refractivity contribution < 1.29 is 23.9 Å². The van der Waals surface area contributed by atoms with Crippen LogP contribution in [-0.2, 0) is 23.9 Å². The fourth-order valence-electron chi connectivity index (χ4n) is 4.77. The topological polar surface area (TPSA) is 77.5 Å². The van der Waals surface area contributed by atoms with E-state index in [4.69, 9.17) is 4.74 Å². The first-order valence-electron chi connectivity index (χ1n) is 13.1. The summed E-state index contributed by atoms with van der Waals surface area (Å²) in [5.41, 5.74) is -0.818. The van der Waals surface area contributed by atoms with Crippen molar-refractivity contribution in [2.45, 2.75) is 117 Å². The number of carbonyl (C=O) groups is 4. The number of ether oxygens (including phenoxy) is 1. The molecule has 0 spiro atoms. The second kappa shape index (κ2) is 16.0. The molecule has 0 N–H and O–H groups in total. The van der Waals surface area contributed by atoms with Gasteiger partial charge in [0.1, 0.15) is 11.8 Å². The van der Waals surface area contributed by atoms with Crippen LogP contribution >= 0.6 is 0 Å². The molecule has 1 rings (SSSR count). The maximum Gasteiger partial charge on any atom is 0.316 e. The summed E-state index contributed by atoms with van der Waals surface area (Å²) in [5, 5.41) is 0. The molecule has 0 aromatic carbocycles. The maximum atomic E-state index is 12.8. The third-order valence-electron chi connectivity index (χ3n) is 6.75. The van der Waals surface area contributed by atoms with E-state index in [0.717, 1.165) is 32.1 Å². The van der Waals surface area contributed by atoms with Crippen LogP contribution in [0.1, 0.15) is 117 Å². The van der Waals surface area contributed by atoms with Crippen LogP contribution in [0.2, 0.25) is 0 Å². The Labute approximate surface area is 201 Å². The fourth-order valence-corrected chi connectivity index (χ4v) is 4.77. The lowest BCUT2D eigenvalue weighted by Gasteiger charge is -2.37. The molecule has 1 saturated carbocycles. The second-order valence-electron chi connectivity index (χ2n) is 10.2. The number of Topliss-reactive ketones (excluding diaryl/α,β-unsaturated/α-hetero) is 3. The highest BCUT2D eigenvalue weighted by Crippen LogP contribution is 2.40. The lowest BCUT2D eigenvalue weighted by molar-refractivity contribution is -0.161. The van der Waals surface area contributed by atoms with Crippen LogP contribution in [0.25, 0.3) is 0 Å². The predicted octanol–water partition coefficient (Wildman–Crippen LogP) is 6.57. The number of methoxy groups -OCH3 is 1. The summed E-state index contributed by atoms with van der Waals surface area (Å²) in [7, 11) is 1.23. The van der Waals surface area contributed by atoms with E-state index in [1.165, 1.54) is 52.1 Å². The molecule has 2 atom stereocenters. The molecule has 0 aliphatic heterocycles. The molecule has 1 aliphatic rings. The molecule has 0 heterocycles. The summed E-state index contributed by atoms with van der Waals surface area (Å²) < 4.78 is 4.76. The minimum Gasteiger partial charge on any atom is -0.468 e. The largest absolute Gasteiger partial charge is 0.468 e. The summed E-state index contributed by atoms with van der Waals surface area (Å²) in [4.78, 5) is 50.0. The molecule has 1 aliphatic carbocycles. The molecule has 0 amide bonds. The zero-order valence-electron chi connectivity index (χ0n) is 21.5. The van der Waals surface area contributed by atoms with Gasteiger partial charge in [-0.1, -0.05) is 84.3 Å². The molecule has 0 radical (unpaired) electrons. The minimum atomic E-state index is -1.29. The molecule has 188 valence electrons. The average Bonchev–Trinajstić information content (AvgIpc) is 2.75. The highest BCUT2D eigenvalue weighted by atomic mass is 16.5. The molecular weight excluding hydrogens is 416 g/mol. The van der Waals surface area contributed by atoms with Crippen molar-refractivity contribution in [3.05, 3.63) is 12.2 Å². The predicted molar refractivity (Wildman–Crippen MR) is 132 cm³/mol. The normalized spacial score (nSPS) is 20.4. The number of hydrogen-bond acceptors (Lipinski definition) is 5. The van der Waals surface area contributed by atoms with Gasteiger partial charge in [-0.3, -0.25) is 19.2 Å². The lowest BCUT2D eigenvalue weighted by atomic mass is 9.63. The van der Waals surface area contributed by atoms with Gasteiger partial charge in [-0.15, -0.1) is 0 Å². The number of allylic oxidation sites excluding steroid dienone is 2. The van der Waals surface area contributed by atoms with Crippen LogP contribution in [0, 0.1) is 17.3 Å². The van der Waals surface area contributed by atoms with Crippen molar-refractivity contribution in [1.82, 2.24) is 0 Å². The average molecular weight is 463 g/mol.